The number of rotatable bonds is 8. The van der Waals surface area contributed by atoms with Crippen molar-refractivity contribution in [1.29, 1.82) is 0 Å². The smallest absolute Gasteiger partial charge is 0.420 e. The van der Waals surface area contributed by atoms with E-state index in [0.717, 1.165) is 6.20 Å². The van der Waals surface area contributed by atoms with Crippen molar-refractivity contribution in [1.82, 2.24) is 9.97 Å². The summed E-state index contributed by atoms with van der Waals surface area (Å²) in [6.45, 7) is 0.737. The van der Waals surface area contributed by atoms with Gasteiger partial charge in [0, 0.05) is 36.6 Å². The lowest BCUT2D eigenvalue weighted by Gasteiger charge is -2.22. The normalized spacial score (nSPS) is 15.4. The molecule has 10 nitrogen and oxygen atoms in total. The fourth-order valence-corrected chi connectivity index (χ4v) is 3.82. The van der Waals surface area contributed by atoms with Crippen molar-refractivity contribution in [2.24, 2.45) is 5.73 Å². The monoisotopic (exact) mass is 536 g/mol. The van der Waals surface area contributed by atoms with Crippen molar-refractivity contribution in [3.8, 4) is 5.75 Å². The second-order valence-electron chi connectivity index (χ2n) is 8.04. The molecule has 194 valence electrons. The molecule has 3 aromatic rings. The van der Waals surface area contributed by atoms with Crippen molar-refractivity contribution >= 4 is 46.3 Å². The van der Waals surface area contributed by atoms with Crippen LogP contribution in [0.3, 0.4) is 0 Å². The first-order chi connectivity index (χ1) is 17.5. The van der Waals surface area contributed by atoms with E-state index < -0.39 is 34.9 Å². The SMILES string of the molecule is NC(=O)c1c(F)cncc1Nc1cc(C(=O)Nc2ccc(OC(F)(F)Cl)cc2)cnc1N1CC[C@@H](O)C1. The maximum Gasteiger partial charge on any atom is 0.487 e. The number of alkyl halides is 3. The summed E-state index contributed by atoms with van der Waals surface area (Å²) >= 11 is 4.74. The van der Waals surface area contributed by atoms with E-state index in [2.05, 4.69) is 25.3 Å². The van der Waals surface area contributed by atoms with Gasteiger partial charge in [-0.2, -0.15) is 0 Å². The molecule has 3 heterocycles. The van der Waals surface area contributed by atoms with Gasteiger partial charge in [-0.15, -0.1) is 8.78 Å². The standard InChI is InChI=1S/C23H20ClF3N6O4/c24-23(26,27)37-15-3-1-13(2-4-15)31-22(36)12-7-17(21(30-8-12)33-6-5-14(34)11-33)32-18-10-29-9-16(25)19(18)20(28)35/h1-4,7-10,14,32,34H,5-6,11H2,(H2,28,35)(H,31,36)/t14-/m1/s1. The number of anilines is 4. The van der Waals surface area contributed by atoms with E-state index in [9.17, 15) is 27.9 Å². The fourth-order valence-electron chi connectivity index (χ4n) is 3.73. The van der Waals surface area contributed by atoms with Crippen LogP contribution in [0.1, 0.15) is 27.1 Å². The molecule has 0 saturated carbocycles. The molecule has 1 aliphatic rings. The number of primary amides is 1. The Labute approximate surface area is 213 Å². The van der Waals surface area contributed by atoms with Crippen molar-refractivity contribution in [2.75, 3.05) is 28.6 Å². The van der Waals surface area contributed by atoms with Gasteiger partial charge in [0.1, 0.15) is 11.3 Å². The Morgan fingerprint density at radius 1 is 1.19 bits per heavy atom. The molecule has 1 fully saturated rings. The third-order valence-corrected chi connectivity index (χ3v) is 5.43. The number of hydrogen-bond acceptors (Lipinski definition) is 8. The highest BCUT2D eigenvalue weighted by Crippen LogP contribution is 2.32. The highest BCUT2D eigenvalue weighted by atomic mass is 35.5. The van der Waals surface area contributed by atoms with Gasteiger partial charge >= 0.3 is 5.57 Å². The molecule has 2 amide bonds. The number of nitrogens with one attached hydrogen (secondary N) is 2. The van der Waals surface area contributed by atoms with E-state index in [1.807, 2.05) is 0 Å². The number of aromatic nitrogens is 2. The first-order valence-corrected chi connectivity index (χ1v) is 11.2. The first-order valence-electron chi connectivity index (χ1n) is 10.8. The van der Waals surface area contributed by atoms with Gasteiger partial charge in [-0.3, -0.25) is 14.6 Å². The summed E-state index contributed by atoms with van der Waals surface area (Å²) in [5.74, 6) is -2.43. The van der Waals surface area contributed by atoms with Crippen LogP contribution in [-0.2, 0) is 0 Å². The van der Waals surface area contributed by atoms with E-state index >= 15 is 0 Å². The average Bonchev–Trinajstić information content (AvgIpc) is 3.25. The number of nitrogens with two attached hydrogens (primary N) is 1. The average molecular weight is 537 g/mol. The highest BCUT2D eigenvalue weighted by molar-refractivity contribution is 6.20. The van der Waals surface area contributed by atoms with Gasteiger partial charge < -0.3 is 31.1 Å². The van der Waals surface area contributed by atoms with Crippen LogP contribution in [0.25, 0.3) is 0 Å². The van der Waals surface area contributed by atoms with Crippen LogP contribution in [0.4, 0.5) is 36.1 Å². The maximum atomic E-state index is 14.2. The number of amides is 2. The predicted octanol–water partition coefficient (Wildman–Crippen LogP) is 3.45. The number of nitrogens with zero attached hydrogens (tertiary/aromatic N) is 3. The van der Waals surface area contributed by atoms with Crippen molar-refractivity contribution in [3.63, 3.8) is 0 Å². The van der Waals surface area contributed by atoms with Crippen molar-refractivity contribution in [2.45, 2.75) is 18.1 Å². The number of aliphatic hydroxyl groups excluding tert-OH is 1. The number of hydrogen-bond donors (Lipinski definition) is 4. The van der Waals surface area contributed by atoms with Gasteiger partial charge in [0.05, 0.1) is 35.4 Å². The first kappa shape index (κ1) is 26.0. The highest BCUT2D eigenvalue weighted by Gasteiger charge is 2.28. The minimum atomic E-state index is -3.88. The number of carbonyl (C=O) groups is 2. The summed E-state index contributed by atoms with van der Waals surface area (Å²) in [5, 5.41) is 15.4. The molecule has 0 unspecified atom stereocenters. The molecule has 1 saturated heterocycles. The third-order valence-electron chi connectivity index (χ3n) is 5.35. The Morgan fingerprint density at radius 2 is 1.92 bits per heavy atom. The van der Waals surface area contributed by atoms with Crippen LogP contribution in [-0.4, -0.2) is 51.7 Å². The Bertz CT molecular complexity index is 1320. The molecule has 37 heavy (non-hydrogen) atoms. The zero-order valence-corrected chi connectivity index (χ0v) is 19.7. The van der Waals surface area contributed by atoms with Crippen LogP contribution < -0.4 is 26.0 Å². The van der Waals surface area contributed by atoms with Crippen LogP contribution >= 0.6 is 11.6 Å². The largest absolute Gasteiger partial charge is 0.487 e. The molecule has 1 aliphatic heterocycles. The molecule has 1 aromatic carbocycles. The molecule has 0 bridgehead atoms. The summed E-state index contributed by atoms with van der Waals surface area (Å²) in [6.07, 6.45) is 3.25. The second kappa shape index (κ2) is 10.5. The van der Waals surface area contributed by atoms with E-state index in [1.54, 1.807) is 4.90 Å². The summed E-state index contributed by atoms with van der Waals surface area (Å²) < 4.78 is 44.0. The third kappa shape index (κ3) is 6.37. The number of ether oxygens (including phenoxy) is 1. The van der Waals surface area contributed by atoms with Gasteiger partial charge in [0.2, 0.25) is 0 Å². The van der Waals surface area contributed by atoms with Crippen LogP contribution in [0, 0.1) is 5.82 Å². The van der Waals surface area contributed by atoms with E-state index in [0.29, 0.717) is 18.8 Å². The molecular formula is C23H20ClF3N6O4. The Hall–Kier alpha value is -4.10. The molecule has 14 heteroatoms. The second-order valence-corrected chi connectivity index (χ2v) is 8.48. The lowest BCUT2D eigenvalue weighted by molar-refractivity contribution is -0.0964. The summed E-state index contributed by atoms with van der Waals surface area (Å²) in [7, 11) is 0. The van der Waals surface area contributed by atoms with E-state index in [4.69, 9.17) is 17.3 Å². The molecule has 2 aromatic heterocycles. The van der Waals surface area contributed by atoms with E-state index in [1.165, 1.54) is 42.7 Å². The fraction of sp³-hybridized carbons (Fsp3) is 0.217. The Balaban J connectivity index is 1.62. The van der Waals surface area contributed by atoms with Gasteiger partial charge in [-0.25, -0.2) is 9.37 Å². The lowest BCUT2D eigenvalue weighted by atomic mass is 10.1. The molecule has 1 atom stereocenters. The van der Waals surface area contributed by atoms with Crippen LogP contribution in [0.2, 0.25) is 0 Å². The quantitative estimate of drug-likeness (QED) is 0.321. The predicted molar refractivity (Wildman–Crippen MR) is 129 cm³/mol. The number of halogens is 4. The Kier molecular flexibility index (Phi) is 7.36. The minimum Gasteiger partial charge on any atom is -0.420 e. The molecule has 0 aliphatic carbocycles. The van der Waals surface area contributed by atoms with E-state index in [-0.39, 0.29) is 34.9 Å². The van der Waals surface area contributed by atoms with Gasteiger partial charge in [-0.1, -0.05) is 0 Å². The van der Waals surface area contributed by atoms with Gasteiger partial charge in [-0.05, 0) is 36.8 Å². The van der Waals surface area contributed by atoms with Crippen molar-refractivity contribution in [3.05, 3.63) is 65.9 Å². The summed E-state index contributed by atoms with van der Waals surface area (Å²) in [5.41, 5.74) is 1.55. The number of benzene rings is 1. The zero-order chi connectivity index (χ0) is 26.7. The van der Waals surface area contributed by atoms with Crippen LogP contribution in [0.5, 0.6) is 5.75 Å². The van der Waals surface area contributed by atoms with Gasteiger partial charge in [0.15, 0.2) is 11.6 Å². The molecular weight excluding hydrogens is 517 g/mol. The topological polar surface area (TPSA) is 143 Å². The number of carbonyl (C=O) groups excluding carboxylic acids is 2. The number of aliphatic hydroxyl groups is 1. The number of β-amino-alcohol motifs (C(OH)–C–C–N with tert-alkyl or cyclic N) is 1. The maximum absolute atomic E-state index is 14.2. The van der Waals surface area contributed by atoms with Crippen molar-refractivity contribution < 1.29 is 32.6 Å². The van der Waals surface area contributed by atoms with Crippen LogP contribution in [0.15, 0.2) is 48.9 Å². The minimum absolute atomic E-state index is 0.0421. The Morgan fingerprint density at radius 3 is 2.54 bits per heavy atom. The zero-order valence-electron chi connectivity index (χ0n) is 18.9. The van der Waals surface area contributed by atoms with Gasteiger partial charge in [0.25, 0.3) is 11.8 Å². The molecule has 4 rings (SSSR count). The summed E-state index contributed by atoms with van der Waals surface area (Å²) in [4.78, 5) is 34.6. The summed E-state index contributed by atoms with van der Waals surface area (Å²) in [6, 6.07) is 6.48. The molecule has 0 spiro atoms. The molecule has 0 radical (unpaired) electrons. The molecule has 5 N–H and O–H groups in total. The lowest BCUT2D eigenvalue weighted by Crippen LogP contribution is -2.24. The number of pyridine rings is 2.